The fraction of sp³-hybridized carbons (Fsp3) is 0.909. The summed E-state index contributed by atoms with van der Waals surface area (Å²) in [7, 11) is 0. The molecule has 1 saturated carbocycles. The molecule has 1 heterocycles. The van der Waals surface area contributed by atoms with Crippen LogP contribution >= 0.6 is 0 Å². The van der Waals surface area contributed by atoms with Crippen molar-refractivity contribution in [1.82, 2.24) is 0 Å². The molecule has 3 nitrogen and oxygen atoms in total. The van der Waals surface area contributed by atoms with Crippen molar-refractivity contribution in [2.75, 3.05) is 0 Å². The van der Waals surface area contributed by atoms with Gasteiger partial charge in [-0.05, 0) is 38.0 Å². The van der Waals surface area contributed by atoms with Crippen LogP contribution < -0.4 is 0 Å². The molecule has 0 aromatic heterocycles. The number of fused-ring (bicyclic) bond motifs is 1. The van der Waals surface area contributed by atoms with Gasteiger partial charge in [0, 0.05) is 6.42 Å². The van der Waals surface area contributed by atoms with Crippen LogP contribution in [-0.2, 0) is 9.53 Å². The van der Waals surface area contributed by atoms with Crippen LogP contribution in [0.3, 0.4) is 0 Å². The summed E-state index contributed by atoms with van der Waals surface area (Å²) in [6, 6.07) is 0. The lowest BCUT2D eigenvalue weighted by Gasteiger charge is -2.31. The molecule has 0 spiro atoms. The third-order valence-electron chi connectivity index (χ3n) is 3.59. The van der Waals surface area contributed by atoms with Crippen LogP contribution in [0.25, 0.3) is 0 Å². The van der Waals surface area contributed by atoms with Crippen molar-refractivity contribution in [3.05, 3.63) is 0 Å². The number of rotatable bonds is 2. The topological polar surface area (TPSA) is 46.5 Å². The number of carbonyl (C=O) groups is 1. The van der Waals surface area contributed by atoms with Crippen molar-refractivity contribution >= 4 is 5.97 Å². The smallest absolute Gasteiger partial charge is 0.303 e. The van der Waals surface area contributed by atoms with Gasteiger partial charge in [0.1, 0.15) is 0 Å². The Labute approximate surface area is 84.4 Å². The van der Waals surface area contributed by atoms with E-state index < -0.39 is 5.97 Å². The first-order valence-electron chi connectivity index (χ1n) is 5.54. The molecule has 1 aliphatic heterocycles. The molecule has 2 fully saturated rings. The molecule has 80 valence electrons. The highest BCUT2D eigenvalue weighted by molar-refractivity contribution is 5.67. The molecule has 1 aliphatic carbocycles. The van der Waals surface area contributed by atoms with Gasteiger partial charge in [-0.3, -0.25) is 4.79 Å². The van der Waals surface area contributed by atoms with Gasteiger partial charge in [0.15, 0.2) is 0 Å². The molecule has 0 bridgehead atoms. The third kappa shape index (κ3) is 1.92. The summed E-state index contributed by atoms with van der Waals surface area (Å²) in [6.45, 7) is 2.09. The molecule has 0 unspecified atom stereocenters. The molecule has 0 aromatic carbocycles. The number of carboxylic acids is 1. The highest BCUT2D eigenvalue weighted by Crippen LogP contribution is 2.42. The SMILES string of the molecule is C[C@@H]1C[C@@H]2[C@@H](CC(=O)O)CCC[C@H]2O1. The third-order valence-corrected chi connectivity index (χ3v) is 3.59. The maximum atomic E-state index is 10.7. The van der Waals surface area contributed by atoms with E-state index in [1.54, 1.807) is 0 Å². The van der Waals surface area contributed by atoms with E-state index >= 15 is 0 Å². The summed E-state index contributed by atoms with van der Waals surface area (Å²) in [5.74, 6) is 0.209. The van der Waals surface area contributed by atoms with Crippen molar-refractivity contribution in [3.8, 4) is 0 Å². The number of carboxylic acid groups (broad SMARTS) is 1. The Hall–Kier alpha value is -0.570. The zero-order chi connectivity index (χ0) is 10.1. The van der Waals surface area contributed by atoms with E-state index in [2.05, 4.69) is 6.92 Å². The Morgan fingerprint density at radius 1 is 1.50 bits per heavy atom. The van der Waals surface area contributed by atoms with Gasteiger partial charge in [-0.15, -0.1) is 0 Å². The molecular formula is C11H18O3. The molecule has 3 heteroatoms. The zero-order valence-corrected chi connectivity index (χ0v) is 8.61. The van der Waals surface area contributed by atoms with E-state index in [4.69, 9.17) is 9.84 Å². The lowest BCUT2D eigenvalue weighted by atomic mass is 9.75. The fourth-order valence-corrected chi connectivity index (χ4v) is 3.04. The predicted molar refractivity (Wildman–Crippen MR) is 52.0 cm³/mol. The zero-order valence-electron chi connectivity index (χ0n) is 8.61. The largest absolute Gasteiger partial charge is 0.481 e. The first kappa shape index (κ1) is 9.97. The summed E-state index contributed by atoms with van der Waals surface area (Å²) in [6.07, 6.45) is 5.41. The van der Waals surface area contributed by atoms with Gasteiger partial charge in [0.2, 0.25) is 0 Å². The Morgan fingerprint density at radius 2 is 2.29 bits per heavy atom. The molecule has 14 heavy (non-hydrogen) atoms. The molecule has 0 amide bonds. The monoisotopic (exact) mass is 198 g/mol. The second-order valence-corrected chi connectivity index (χ2v) is 4.67. The standard InChI is InChI=1S/C11H18O3/c1-7-5-9-8(6-11(12)13)3-2-4-10(9)14-7/h7-10H,2-6H2,1H3,(H,12,13)/t7-,8-,9-,10-/m1/s1. The lowest BCUT2D eigenvalue weighted by Crippen LogP contribution is -2.30. The van der Waals surface area contributed by atoms with Crippen LogP contribution in [0, 0.1) is 11.8 Å². The van der Waals surface area contributed by atoms with Gasteiger partial charge in [0.05, 0.1) is 12.2 Å². The van der Waals surface area contributed by atoms with Crippen LogP contribution in [0.5, 0.6) is 0 Å². The normalized spacial score (nSPS) is 42.1. The van der Waals surface area contributed by atoms with Gasteiger partial charge in [-0.25, -0.2) is 0 Å². The van der Waals surface area contributed by atoms with E-state index in [1.165, 1.54) is 0 Å². The molecule has 0 radical (unpaired) electrons. The van der Waals surface area contributed by atoms with Crippen molar-refractivity contribution in [2.24, 2.45) is 11.8 Å². The van der Waals surface area contributed by atoms with Crippen LogP contribution in [-0.4, -0.2) is 23.3 Å². The van der Waals surface area contributed by atoms with Crippen molar-refractivity contribution in [1.29, 1.82) is 0 Å². The maximum absolute atomic E-state index is 10.7. The van der Waals surface area contributed by atoms with Crippen molar-refractivity contribution in [2.45, 2.75) is 51.2 Å². The highest BCUT2D eigenvalue weighted by Gasteiger charge is 2.40. The Kier molecular flexibility index (Phi) is 2.77. The number of aliphatic carboxylic acids is 1. The molecule has 4 atom stereocenters. The fourth-order valence-electron chi connectivity index (χ4n) is 3.04. The second-order valence-electron chi connectivity index (χ2n) is 4.67. The summed E-state index contributed by atoms with van der Waals surface area (Å²) in [5, 5.41) is 8.81. The minimum absolute atomic E-state index is 0.331. The van der Waals surface area contributed by atoms with E-state index in [0.717, 1.165) is 25.7 Å². The maximum Gasteiger partial charge on any atom is 0.303 e. The number of ether oxygens (including phenoxy) is 1. The Bertz CT molecular complexity index is 227. The first-order chi connectivity index (χ1) is 6.66. The van der Waals surface area contributed by atoms with Crippen molar-refractivity contribution < 1.29 is 14.6 Å². The van der Waals surface area contributed by atoms with Crippen LogP contribution in [0.4, 0.5) is 0 Å². The molecule has 2 rings (SSSR count). The van der Waals surface area contributed by atoms with Gasteiger partial charge in [0.25, 0.3) is 0 Å². The second kappa shape index (κ2) is 3.89. The average Bonchev–Trinajstić information content (AvgIpc) is 2.45. The highest BCUT2D eigenvalue weighted by atomic mass is 16.5. The van der Waals surface area contributed by atoms with E-state index in [9.17, 15) is 4.79 Å². The quantitative estimate of drug-likeness (QED) is 0.738. The van der Waals surface area contributed by atoms with Crippen LogP contribution in [0.15, 0.2) is 0 Å². The summed E-state index contributed by atoms with van der Waals surface area (Å²) in [4.78, 5) is 10.7. The van der Waals surface area contributed by atoms with Gasteiger partial charge in [-0.2, -0.15) is 0 Å². The van der Waals surface area contributed by atoms with Gasteiger partial charge < -0.3 is 9.84 Å². The van der Waals surface area contributed by atoms with Crippen LogP contribution in [0.2, 0.25) is 0 Å². The molecular weight excluding hydrogens is 180 g/mol. The molecule has 1 saturated heterocycles. The molecule has 0 aromatic rings. The van der Waals surface area contributed by atoms with Crippen molar-refractivity contribution in [3.63, 3.8) is 0 Å². The van der Waals surface area contributed by atoms with Gasteiger partial charge >= 0.3 is 5.97 Å². The van der Waals surface area contributed by atoms with Crippen LogP contribution in [0.1, 0.15) is 39.0 Å². The number of hydrogen-bond acceptors (Lipinski definition) is 2. The Balaban J connectivity index is 2.00. The first-order valence-corrected chi connectivity index (χ1v) is 5.54. The molecule has 1 N–H and O–H groups in total. The number of hydrogen-bond donors (Lipinski definition) is 1. The minimum Gasteiger partial charge on any atom is -0.481 e. The average molecular weight is 198 g/mol. The summed E-state index contributed by atoms with van der Waals surface area (Å²) >= 11 is 0. The lowest BCUT2D eigenvalue weighted by molar-refractivity contribution is -0.139. The minimum atomic E-state index is -0.657. The van der Waals surface area contributed by atoms with Gasteiger partial charge in [-0.1, -0.05) is 6.42 Å². The Morgan fingerprint density at radius 3 is 3.00 bits per heavy atom. The predicted octanol–water partition coefficient (Wildman–Crippen LogP) is 2.05. The summed E-state index contributed by atoms with van der Waals surface area (Å²) < 4.78 is 5.78. The summed E-state index contributed by atoms with van der Waals surface area (Å²) in [5.41, 5.74) is 0. The van der Waals surface area contributed by atoms with E-state index in [-0.39, 0.29) is 0 Å². The molecule has 2 aliphatic rings. The van der Waals surface area contributed by atoms with E-state index in [1.807, 2.05) is 0 Å². The van der Waals surface area contributed by atoms with E-state index in [0.29, 0.717) is 30.5 Å².